The van der Waals surface area contributed by atoms with E-state index in [1.807, 2.05) is 6.92 Å². The Labute approximate surface area is 153 Å². The fraction of sp³-hybridized carbons (Fsp3) is 0.118. The van der Waals surface area contributed by atoms with E-state index >= 15 is 0 Å². The van der Waals surface area contributed by atoms with Gasteiger partial charge in [-0.1, -0.05) is 11.3 Å². The number of methoxy groups -OCH3 is 1. The van der Waals surface area contributed by atoms with Crippen LogP contribution in [-0.2, 0) is 0 Å². The molecule has 9 heteroatoms. The third-order valence-electron chi connectivity index (χ3n) is 3.57. The Morgan fingerprint density at radius 1 is 1.31 bits per heavy atom. The van der Waals surface area contributed by atoms with E-state index in [-0.39, 0.29) is 10.3 Å². The first-order valence-electron chi connectivity index (χ1n) is 7.47. The van der Waals surface area contributed by atoms with E-state index in [1.54, 1.807) is 24.3 Å². The molecule has 0 aliphatic heterocycles. The molecular weight excluding hydrogens is 352 g/mol. The van der Waals surface area contributed by atoms with E-state index in [9.17, 15) is 10.1 Å². The van der Waals surface area contributed by atoms with Crippen LogP contribution in [0.3, 0.4) is 0 Å². The fourth-order valence-corrected chi connectivity index (χ4v) is 2.91. The molecule has 0 aliphatic carbocycles. The van der Waals surface area contributed by atoms with Gasteiger partial charge in [0.25, 0.3) is 5.91 Å². The molecule has 1 amide bonds. The zero-order valence-electron chi connectivity index (χ0n) is 14.0. The monoisotopic (exact) mass is 366 g/mol. The SMILES string of the molecule is COc1ccc(C#N)cc1-c1cc(C)ncc1C(=O)Nc1nnc(N)s1. The van der Waals surface area contributed by atoms with Crippen molar-refractivity contribution in [2.45, 2.75) is 6.92 Å². The zero-order valence-corrected chi connectivity index (χ0v) is 14.8. The number of hydrogen-bond acceptors (Lipinski definition) is 8. The minimum absolute atomic E-state index is 0.256. The molecule has 0 atom stereocenters. The van der Waals surface area contributed by atoms with Crippen molar-refractivity contribution < 1.29 is 9.53 Å². The van der Waals surface area contributed by atoms with E-state index in [2.05, 4.69) is 26.6 Å². The third kappa shape index (κ3) is 3.45. The first kappa shape index (κ1) is 17.3. The standard InChI is InChI=1S/C17H14N6O2S/c1-9-5-11(12-6-10(7-18)3-4-14(12)25-2)13(8-20-9)15(24)21-17-23-22-16(19)26-17/h3-6,8H,1-2H3,(H2,19,22)(H,21,23,24). The van der Waals surface area contributed by atoms with Gasteiger partial charge < -0.3 is 10.5 Å². The van der Waals surface area contributed by atoms with Gasteiger partial charge in [-0.2, -0.15) is 5.26 Å². The van der Waals surface area contributed by atoms with E-state index in [1.165, 1.54) is 13.3 Å². The number of ether oxygens (including phenoxy) is 1. The second-order valence-corrected chi connectivity index (χ2v) is 6.31. The van der Waals surface area contributed by atoms with Gasteiger partial charge in [-0.05, 0) is 31.2 Å². The topological polar surface area (TPSA) is 127 Å². The summed E-state index contributed by atoms with van der Waals surface area (Å²) in [5.74, 6) is 0.136. The molecule has 0 aliphatic rings. The molecule has 1 aromatic carbocycles. The van der Waals surface area contributed by atoms with Crippen LogP contribution in [0.5, 0.6) is 5.75 Å². The lowest BCUT2D eigenvalue weighted by atomic mass is 9.97. The van der Waals surface area contributed by atoms with Crippen molar-refractivity contribution in [3.8, 4) is 22.9 Å². The number of nitrogens with two attached hydrogens (primary N) is 1. The Hall–Kier alpha value is -3.51. The number of benzene rings is 1. The molecule has 0 unspecified atom stereocenters. The molecular formula is C17H14N6O2S. The molecule has 2 aromatic heterocycles. The molecule has 26 heavy (non-hydrogen) atoms. The lowest BCUT2D eigenvalue weighted by Crippen LogP contribution is -2.14. The Morgan fingerprint density at radius 2 is 2.12 bits per heavy atom. The number of nitrogens with zero attached hydrogens (tertiary/aromatic N) is 4. The highest BCUT2D eigenvalue weighted by Gasteiger charge is 2.19. The van der Waals surface area contributed by atoms with Gasteiger partial charge in [0.2, 0.25) is 10.3 Å². The van der Waals surface area contributed by atoms with Crippen LogP contribution in [0, 0.1) is 18.3 Å². The quantitative estimate of drug-likeness (QED) is 0.726. The van der Waals surface area contributed by atoms with Gasteiger partial charge in [0, 0.05) is 23.0 Å². The van der Waals surface area contributed by atoms with Gasteiger partial charge >= 0.3 is 0 Å². The number of carbonyl (C=O) groups is 1. The minimum atomic E-state index is -0.409. The van der Waals surface area contributed by atoms with Crippen LogP contribution >= 0.6 is 11.3 Å². The average Bonchev–Trinajstić information content (AvgIpc) is 3.05. The summed E-state index contributed by atoms with van der Waals surface area (Å²) >= 11 is 1.06. The summed E-state index contributed by atoms with van der Waals surface area (Å²) < 4.78 is 5.40. The highest BCUT2D eigenvalue weighted by molar-refractivity contribution is 7.19. The maximum absolute atomic E-state index is 12.7. The summed E-state index contributed by atoms with van der Waals surface area (Å²) in [5, 5.41) is 19.8. The van der Waals surface area contributed by atoms with E-state index in [4.69, 9.17) is 10.5 Å². The number of anilines is 2. The first-order chi connectivity index (χ1) is 12.5. The predicted molar refractivity (Wildman–Crippen MR) is 98.0 cm³/mol. The minimum Gasteiger partial charge on any atom is -0.496 e. The van der Waals surface area contributed by atoms with Crippen LogP contribution in [0.2, 0.25) is 0 Å². The van der Waals surface area contributed by atoms with Crippen molar-refractivity contribution in [2.24, 2.45) is 0 Å². The number of hydrogen-bond donors (Lipinski definition) is 2. The number of pyridine rings is 1. The van der Waals surface area contributed by atoms with Crippen LogP contribution in [-0.4, -0.2) is 28.2 Å². The fourth-order valence-electron chi connectivity index (χ4n) is 2.40. The number of rotatable bonds is 4. The van der Waals surface area contributed by atoms with Crippen LogP contribution in [0.1, 0.15) is 21.6 Å². The summed E-state index contributed by atoms with van der Waals surface area (Å²) in [6.07, 6.45) is 1.48. The van der Waals surface area contributed by atoms with Crippen molar-refractivity contribution in [2.75, 3.05) is 18.2 Å². The first-order valence-corrected chi connectivity index (χ1v) is 8.29. The van der Waals surface area contributed by atoms with E-state index < -0.39 is 5.91 Å². The molecule has 3 rings (SSSR count). The number of aryl methyl sites for hydroxylation is 1. The molecule has 130 valence electrons. The van der Waals surface area contributed by atoms with E-state index in [0.717, 1.165) is 17.0 Å². The van der Waals surface area contributed by atoms with Crippen LogP contribution in [0.4, 0.5) is 10.3 Å². The van der Waals surface area contributed by atoms with Gasteiger partial charge in [0.05, 0.1) is 24.3 Å². The van der Waals surface area contributed by atoms with Gasteiger partial charge in [0.1, 0.15) is 5.75 Å². The lowest BCUT2D eigenvalue weighted by Gasteiger charge is -2.13. The molecule has 0 fully saturated rings. The Kier molecular flexibility index (Phi) is 4.77. The van der Waals surface area contributed by atoms with Crippen molar-refractivity contribution in [1.29, 1.82) is 5.26 Å². The lowest BCUT2D eigenvalue weighted by molar-refractivity contribution is 0.102. The van der Waals surface area contributed by atoms with Crippen LogP contribution in [0.25, 0.3) is 11.1 Å². The summed E-state index contributed by atoms with van der Waals surface area (Å²) in [6.45, 7) is 1.82. The Morgan fingerprint density at radius 3 is 2.77 bits per heavy atom. The summed E-state index contributed by atoms with van der Waals surface area (Å²) in [6, 6.07) is 8.88. The van der Waals surface area contributed by atoms with Gasteiger partial charge in [0.15, 0.2) is 0 Å². The number of aromatic nitrogens is 3. The highest BCUT2D eigenvalue weighted by Crippen LogP contribution is 2.34. The van der Waals surface area contributed by atoms with Crippen molar-refractivity contribution in [3.05, 3.63) is 47.3 Å². The average molecular weight is 366 g/mol. The van der Waals surface area contributed by atoms with Crippen molar-refractivity contribution in [1.82, 2.24) is 15.2 Å². The molecule has 0 bridgehead atoms. The molecule has 2 heterocycles. The van der Waals surface area contributed by atoms with Crippen LogP contribution in [0.15, 0.2) is 30.5 Å². The maximum Gasteiger partial charge on any atom is 0.259 e. The third-order valence-corrected chi connectivity index (χ3v) is 4.23. The maximum atomic E-state index is 12.7. The van der Waals surface area contributed by atoms with Crippen molar-refractivity contribution >= 4 is 27.5 Å². The van der Waals surface area contributed by atoms with Gasteiger partial charge in [-0.15, -0.1) is 10.2 Å². The second-order valence-electron chi connectivity index (χ2n) is 5.30. The number of nitrogens with one attached hydrogen (secondary N) is 1. The number of nitriles is 1. The number of carbonyl (C=O) groups excluding carboxylic acids is 1. The molecule has 3 aromatic rings. The summed E-state index contributed by atoms with van der Waals surface area (Å²) in [7, 11) is 1.53. The highest BCUT2D eigenvalue weighted by atomic mass is 32.1. The normalized spacial score (nSPS) is 10.2. The molecule has 8 nitrogen and oxygen atoms in total. The largest absolute Gasteiger partial charge is 0.496 e. The summed E-state index contributed by atoms with van der Waals surface area (Å²) in [5.41, 5.74) is 8.26. The van der Waals surface area contributed by atoms with Crippen LogP contribution < -0.4 is 15.8 Å². The number of nitrogen functional groups attached to an aromatic ring is 1. The zero-order chi connectivity index (χ0) is 18.7. The Bertz CT molecular complexity index is 1020. The van der Waals surface area contributed by atoms with Gasteiger partial charge in [-0.25, -0.2) is 0 Å². The molecule has 3 N–H and O–H groups in total. The second kappa shape index (κ2) is 7.16. The van der Waals surface area contributed by atoms with Crippen molar-refractivity contribution in [3.63, 3.8) is 0 Å². The number of amides is 1. The predicted octanol–water partition coefficient (Wildman–Crippen LogP) is 2.62. The molecule has 0 saturated heterocycles. The van der Waals surface area contributed by atoms with E-state index in [0.29, 0.717) is 28.0 Å². The Balaban J connectivity index is 2.09. The van der Waals surface area contributed by atoms with Gasteiger partial charge in [-0.3, -0.25) is 15.1 Å². The molecule has 0 radical (unpaired) electrons. The molecule has 0 saturated carbocycles. The molecule has 0 spiro atoms. The summed E-state index contributed by atoms with van der Waals surface area (Å²) in [4.78, 5) is 16.9. The smallest absolute Gasteiger partial charge is 0.259 e.